The minimum absolute atomic E-state index is 0.134. The molecule has 86 valence electrons. The van der Waals surface area contributed by atoms with Gasteiger partial charge in [0.1, 0.15) is 0 Å². The van der Waals surface area contributed by atoms with E-state index in [1.165, 1.54) is 11.1 Å². The number of nitrogens with two attached hydrogens (primary N) is 1. The zero-order chi connectivity index (χ0) is 12.1. The van der Waals surface area contributed by atoms with Crippen molar-refractivity contribution in [2.24, 2.45) is 5.73 Å². The zero-order valence-electron chi connectivity index (χ0n) is 10.5. The van der Waals surface area contributed by atoms with Crippen LogP contribution >= 0.6 is 0 Å². The molecule has 1 aliphatic rings. The normalized spacial score (nSPS) is 17.3. The summed E-state index contributed by atoms with van der Waals surface area (Å²) >= 11 is 0. The van der Waals surface area contributed by atoms with E-state index >= 15 is 0 Å². The summed E-state index contributed by atoms with van der Waals surface area (Å²) in [5.74, 6) is 0.134. The molecule has 0 atom stereocenters. The van der Waals surface area contributed by atoms with Gasteiger partial charge in [-0.3, -0.25) is 4.79 Å². The van der Waals surface area contributed by atoms with E-state index in [1.807, 2.05) is 13.8 Å². The minimum Gasteiger partial charge on any atom is -0.319 e. The molecule has 0 unspecified atom stereocenters. The molecule has 1 saturated carbocycles. The van der Waals surface area contributed by atoms with Crippen LogP contribution in [0.3, 0.4) is 0 Å². The first-order chi connectivity index (χ1) is 7.37. The van der Waals surface area contributed by atoms with Crippen LogP contribution in [0.4, 0.5) is 0 Å². The molecular formula is C14H19NO. The van der Waals surface area contributed by atoms with Gasteiger partial charge in [-0.1, -0.05) is 6.07 Å². The molecule has 2 nitrogen and oxygen atoms in total. The van der Waals surface area contributed by atoms with Crippen LogP contribution < -0.4 is 5.73 Å². The van der Waals surface area contributed by atoms with Gasteiger partial charge in [0.05, 0.1) is 5.54 Å². The van der Waals surface area contributed by atoms with Crippen LogP contribution in [-0.2, 0) is 0 Å². The first-order valence-corrected chi connectivity index (χ1v) is 5.78. The molecule has 2 N–H and O–H groups in total. The van der Waals surface area contributed by atoms with E-state index in [1.54, 1.807) is 0 Å². The summed E-state index contributed by atoms with van der Waals surface area (Å²) in [5, 5.41) is 0. The first-order valence-electron chi connectivity index (χ1n) is 5.78. The van der Waals surface area contributed by atoms with Crippen LogP contribution in [0.1, 0.15) is 45.5 Å². The molecule has 0 saturated heterocycles. The molecule has 1 aromatic carbocycles. The third-order valence-corrected chi connectivity index (χ3v) is 3.83. The number of hydrogen-bond acceptors (Lipinski definition) is 2. The molecule has 0 amide bonds. The number of ketones is 1. The van der Waals surface area contributed by atoms with E-state index in [-0.39, 0.29) is 5.78 Å². The van der Waals surface area contributed by atoms with Crippen molar-refractivity contribution >= 4 is 5.78 Å². The minimum atomic E-state index is -0.560. The fourth-order valence-corrected chi connectivity index (χ4v) is 2.17. The lowest BCUT2D eigenvalue weighted by Gasteiger charge is -2.17. The number of carbonyl (C=O) groups is 1. The maximum atomic E-state index is 12.3. The fraction of sp³-hybridized carbons (Fsp3) is 0.500. The van der Waals surface area contributed by atoms with Crippen molar-refractivity contribution in [3.8, 4) is 0 Å². The van der Waals surface area contributed by atoms with E-state index in [2.05, 4.69) is 19.9 Å². The van der Waals surface area contributed by atoms with Gasteiger partial charge in [0.25, 0.3) is 0 Å². The van der Waals surface area contributed by atoms with Crippen molar-refractivity contribution < 1.29 is 4.79 Å². The maximum absolute atomic E-state index is 12.3. The van der Waals surface area contributed by atoms with E-state index in [0.717, 1.165) is 29.5 Å². The Balaban J connectivity index is 2.59. The summed E-state index contributed by atoms with van der Waals surface area (Å²) in [6.07, 6.45) is 1.66. The number of rotatable bonds is 2. The Hall–Kier alpha value is -1.15. The van der Waals surface area contributed by atoms with Gasteiger partial charge in [0.15, 0.2) is 5.78 Å². The third-order valence-electron chi connectivity index (χ3n) is 3.83. The highest BCUT2D eigenvalue weighted by molar-refractivity contribution is 6.07. The molecule has 0 spiro atoms. The second kappa shape index (κ2) is 3.42. The molecule has 0 radical (unpaired) electrons. The van der Waals surface area contributed by atoms with Crippen molar-refractivity contribution in [3.05, 3.63) is 33.9 Å². The summed E-state index contributed by atoms with van der Waals surface area (Å²) in [7, 11) is 0. The highest BCUT2D eigenvalue weighted by Gasteiger charge is 2.46. The largest absolute Gasteiger partial charge is 0.319 e. The predicted octanol–water partition coefficient (Wildman–Crippen LogP) is 2.59. The Labute approximate surface area is 96.8 Å². The molecule has 1 fully saturated rings. The van der Waals surface area contributed by atoms with Gasteiger partial charge in [-0.2, -0.15) is 0 Å². The summed E-state index contributed by atoms with van der Waals surface area (Å²) in [6, 6.07) is 2.14. The van der Waals surface area contributed by atoms with Gasteiger partial charge in [0, 0.05) is 5.56 Å². The lowest BCUT2D eigenvalue weighted by atomic mass is 9.89. The molecule has 0 aromatic heterocycles. The van der Waals surface area contributed by atoms with Crippen LogP contribution in [0.5, 0.6) is 0 Å². The first kappa shape index (κ1) is 11.3. The predicted molar refractivity (Wildman–Crippen MR) is 65.9 cm³/mol. The summed E-state index contributed by atoms with van der Waals surface area (Å²) in [5.41, 5.74) is 10.8. The third kappa shape index (κ3) is 1.57. The van der Waals surface area contributed by atoms with E-state index < -0.39 is 5.54 Å². The molecule has 0 aliphatic heterocycles. The second-order valence-corrected chi connectivity index (χ2v) is 5.12. The van der Waals surface area contributed by atoms with Gasteiger partial charge in [-0.15, -0.1) is 0 Å². The van der Waals surface area contributed by atoms with Crippen molar-refractivity contribution in [1.82, 2.24) is 0 Å². The Morgan fingerprint density at radius 2 is 1.56 bits per heavy atom. The Morgan fingerprint density at radius 1 is 1.12 bits per heavy atom. The number of Topliss-reactive ketones (excluding diaryl/α,β-unsaturated/α-hetero) is 1. The van der Waals surface area contributed by atoms with Crippen LogP contribution in [0.25, 0.3) is 0 Å². The maximum Gasteiger partial charge on any atom is 0.183 e. The molecular weight excluding hydrogens is 198 g/mol. The van der Waals surface area contributed by atoms with Gasteiger partial charge in [-0.25, -0.2) is 0 Å². The molecule has 1 aliphatic carbocycles. The fourth-order valence-electron chi connectivity index (χ4n) is 2.17. The topological polar surface area (TPSA) is 43.1 Å². The average Bonchev–Trinajstić information content (AvgIpc) is 2.95. The molecule has 2 heteroatoms. The smallest absolute Gasteiger partial charge is 0.183 e. The van der Waals surface area contributed by atoms with Crippen LogP contribution in [-0.4, -0.2) is 11.3 Å². The van der Waals surface area contributed by atoms with E-state index in [4.69, 9.17) is 5.73 Å². The van der Waals surface area contributed by atoms with Crippen molar-refractivity contribution in [2.45, 2.75) is 46.1 Å². The standard InChI is InChI=1S/C14H19NO/c1-8-7-9(2)11(4)12(10(8)3)13(16)14(15)5-6-14/h7H,5-6,15H2,1-4H3. The van der Waals surface area contributed by atoms with Crippen LogP contribution in [0.2, 0.25) is 0 Å². The Bertz CT molecular complexity index is 444. The number of benzene rings is 1. The monoisotopic (exact) mass is 217 g/mol. The van der Waals surface area contributed by atoms with E-state index in [0.29, 0.717) is 0 Å². The average molecular weight is 217 g/mol. The lowest BCUT2D eigenvalue weighted by Crippen LogP contribution is -2.34. The quantitative estimate of drug-likeness (QED) is 0.774. The van der Waals surface area contributed by atoms with Crippen LogP contribution in [0.15, 0.2) is 6.07 Å². The van der Waals surface area contributed by atoms with Gasteiger partial charge in [0.2, 0.25) is 0 Å². The molecule has 1 aromatic rings. The Kier molecular flexibility index (Phi) is 2.43. The number of carbonyl (C=O) groups excluding carboxylic acids is 1. The number of hydrogen-bond donors (Lipinski definition) is 1. The summed E-state index contributed by atoms with van der Waals surface area (Å²) in [6.45, 7) is 8.13. The highest BCUT2D eigenvalue weighted by Crippen LogP contribution is 2.38. The lowest BCUT2D eigenvalue weighted by molar-refractivity contribution is 0.0948. The summed E-state index contributed by atoms with van der Waals surface area (Å²) in [4.78, 5) is 12.3. The van der Waals surface area contributed by atoms with Gasteiger partial charge >= 0.3 is 0 Å². The second-order valence-electron chi connectivity index (χ2n) is 5.12. The molecule has 0 bridgehead atoms. The van der Waals surface area contributed by atoms with Gasteiger partial charge in [-0.05, 0) is 62.8 Å². The van der Waals surface area contributed by atoms with Crippen molar-refractivity contribution in [2.75, 3.05) is 0 Å². The van der Waals surface area contributed by atoms with Gasteiger partial charge < -0.3 is 5.73 Å². The Morgan fingerprint density at radius 3 is 1.94 bits per heavy atom. The molecule has 16 heavy (non-hydrogen) atoms. The molecule has 2 rings (SSSR count). The van der Waals surface area contributed by atoms with Crippen LogP contribution in [0, 0.1) is 27.7 Å². The number of aryl methyl sites for hydroxylation is 2. The SMILES string of the molecule is Cc1cc(C)c(C)c(C(=O)C2(N)CC2)c1C. The van der Waals surface area contributed by atoms with E-state index in [9.17, 15) is 4.79 Å². The van der Waals surface area contributed by atoms with Crippen molar-refractivity contribution in [1.29, 1.82) is 0 Å². The summed E-state index contributed by atoms with van der Waals surface area (Å²) < 4.78 is 0. The highest BCUT2D eigenvalue weighted by atomic mass is 16.1. The molecule has 0 heterocycles. The van der Waals surface area contributed by atoms with Crippen molar-refractivity contribution in [3.63, 3.8) is 0 Å². The zero-order valence-corrected chi connectivity index (χ0v) is 10.5.